The number of aromatic nitrogens is 4. The van der Waals surface area contributed by atoms with Gasteiger partial charge in [0.15, 0.2) is 11.3 Å². The maximum absolute atomic E-state index is 9.75. The van der Waals surface area contributed by atoms with Crippen molar-refractivity contribution in [3.05, 3.63) is 83.7 Å². The van der Waals surface area contributed by atoms with Crippen molar-refractivity contribution in [3.8, 4) is 28.5 Å². The van der Waals surface area contributed by atoms with Crippen LogP contribution in [0.5, 0.6) is 0 Å². The Balaban J connectivity index is 1.59. The molecule has 0 bridgehead atoms. The lowest BCUT2D eigenvalue weighted by molar-refractivity contribution is 0.0209. The van der Waals surface area contributed by atoms with Gasteiger partial charge in [-0.15, -0.1) is 0 Å². The van der Waals surface area contributed by atoms with Gasteiger partial charge in [-0.25, -0.2) is 9.97 Å². The number of aliphatic hydroxyl groups is 1. The normalized spacial score (nSPS) is 19.8. The SMILES string of the molecule is Cc1cc2ncc3cc(-c4ccccc4C#N)c(-c4ccc([C@]5(N)C[C@H](O)C5)cc4)nc3n2n1. The monoisotopic (exact) mass is 446 g/mol. The molecular weight excluding hydrogens is 424 g/mol. The van der Waals surface area contributed by atoms with Gasteiger partial charge in [-0.3, -0.25) is 0 Å². The smallest absolute Gasteiger partial charge is 0.165 e. The molecule has 166 valence electrons. The Morgan fingerprint density at radius 1 is 1.09 bits per heavy atom. The van der Waals surface area contributed by atoms with E-state index in [1.54, 1.807) is 10.7 Å². The summed E-state index contributed by atoms with van der Waals surface area (Å²) in [4.78, 5) is 9.59. The number of hydrogen-bond donors (Lipinski definition) is 2. The summed E-state index contributed by atoms with van der Waals surface area (Å²) in [5.41, 5.74) is 13.2. The number of aliphatic hydroxyl groups excluding tert-OH is 1. The van der Waals surface area contributed by atoms with Crippen molar-refractivity contribution in [3.63, 3.8) is 0 Å². The number of nitrogens with two attached hydrogens (primary N) is 1. The van der Waals surface area contributed by atoms with E-state index >= 15 is 0 Å². The Labute approximate surface area is 196 Å². The third-order valence-electron chi connectivity index (χ3n) is 6.65. The average molecular weight is 447 g/mol. The van der Waals surface area contributed by atoms with Gasteiger partial charge < -0.3 is 10.8 Å². The zero-order valence-corrected chi connectivity index (χ0v) is 18.6. The molecule has 1 aliphatic carbocycles. The van der Waals surface area contributed by atoms with E-state index in [4.69, 9.17) is 10.7 Å². The van der Waals surface area contributed by atoms with Gasteiger partial charge in [0.05, 0.1) is 29.1 Å². The van der Waals surface area contributed by atoms with Crippen LogP contribution in [0.3, 0.4) is 0 Å². The number of hydrogen-bond acceptors (Lipinski definition) is 6. The van der Waals surface area contributed by atoms with Crippen LogP contribution in [0.25, 0.3) is 39.1 Å². The van der Waals surface area contributed by atoms with Crippen LogP contribution in [-0.4, -0.2) is 30.8 Å². The lowest BCUT2D eigenvalue weighted by Gasteiger charge is -2.42. The van der Waals surface area contributed by atoms with Gasteiger partial charge in [0, 0.05) is 39.9 Å². The zero-order valence-electron chi connectivity index (χ0n) is 18.6. The lowest BCUT2D eigenvalue weighted by atomic mass is 9.70. The number of nitrogens with zero attached hydrogens (tertiary/aromatic N) is 5. The molecule has 7 nitrogen and oxygen atoms in total. The molecule has 0 saturated heterocycles. The summed E-state index contributed by atoms with van der Waals surface area (Å²) in [6.45, 7) is 1.93. The van der Waals surface area contributed by atoms with Gasteiger partial charge >= 0.3 is 0 Å². The second kappa shape index (κ2) is 7.45. The van der Waals surface area contributed by atoms with Crippen LogP contribution in [0.1, 0.15) is 29.7 Å². The summed E-state index contributed by atoms with van der Waals surface area (Å²) < 4.78 is 1.76. The zero-order chi connectivity index (χ0) is 23.4. The molecule has 1 saturated carbocycles. The molecule has 6 rings (SSSR count). The summed E-state index contributed by atoms with van der Waals surface area (Å²) in [6, 6.07) is 21.8. The number of fused-ring (bicyclic) bond motifs is 3. The van der Waals surface area contributed by atoms with E-state index in [-0.39, 0.29) is 6.10 Å². The lowest BCUT2D eigenvalue weighted by Crippen LogP contribution is -2.51. The quantitative estimate of drug-likeness (QED) is 0.431. The summed E-state index contributed by atoms with van der Waals surface area (Å²) in [6.07, 6.45) is 2.58. The maximum Gasteiger partial charge on any atom is 0.165 e. The average Bonchev–Trinajstić information content (AvgIpc) is 3.23. The highest BCUT2D eigenvalue weighted by Gasteiger charge is 2.41. The van der Waals surface area contributed by atoms with Gasteiger partial charge in [-0.2, -0.15) is 14.9 Å². The molecular formula is C27H22N6O. The third kappa shape index (κ3) is 3.16. The number of benzene rings is 2. The van der Waals surface area contributed by atoms with Crippen molar-refractivity contribution in [1.29, 1.82) is 5.26 Å². The molecule has 0 amide bonds. The third-order valence-corrected chi connectivity index (χ3v) is 6.65. The highest BCUT2D eigenvalue weighted by Crippen LogP contribution is 2.40. The molecule has 0 unspecified atom stereocenters. The van der Waals surface area contributed by atoms with Gasteiger partial charge in [-0.05, 0) is 37.5 Å². The van der Waals surface area contributed by atoms with E-state index in [2.05, 4.69) is 16.2 Å². The molecule has 0 atom stereocenters. The maximum atomic E-state index is 9.75. The predicted molar refractivity (Wildman–Crippen MR) is 130 cm³/mol. The molecule has 0 spiro atoms. The number of rotatable bonds is 3. The summed E-state index contributed by atoms with van der Waals surface area (Å²) >= 11 is 0. The first kappa shape index (κ1) is 20.5. The second-order valence-electron chi connectivity index (χ2n) is 9.06. The first-order valence-electron chi connectivity index (χ1n) is 11.2. The van der Waals surface area contributed by atoms with Gasteiger partial charge in [0.2, 0.25) is 0 Å². The Morgan fingerprint density at radius 2 is 1.85 bits per heavy atom. The second-order valence-corrected chi connectivity index (χ2v) is 9.06. The molecule has 3 heterocycles. The van der Waals surface area contributed by atoms with Crippen LogP contribution in [0.4, 0.5) is 0 Å². The van der Waals surface area contributed by atoms with E-state index in [1.807, 2.05) is 67.6 Å². The minimum Gasteiger partial charge on any atom is -0.393 e. The van der Waals surface area contributed by atoms with Crippen molar-refractivity contribution in [2.24, 2.45) is 5.73 Å². The van der Waals surface area contributed by atoms with Crippen molar-refractivity contribution in [1.82, 2.24) is 19.6 Å². The van der Waals surface area contributed by atoms with Crippen molar-refractivity contribution in [2.75, 3.05) is 0 Å². The molecule has 1 fully saturated rings. The largest absolute Gasteiger partial charge is 0.393 e. The summed E-state index contributed by atoms with van der Waals surface area (Å²) in [5.74, 6) is 0. The molecule has 1 aliphatic rings. The molecule has 0 radical (unpaired) electrons. The highest BCUT2D eigenvalue weighted by atomic mass is 16.3. The standard InChI is InChI=1S/C27H22N6O/c1-16-10-24-30-15-19-11-23(22-5-3-2-4-18(22)14-28)25(31-26(19)33(24)32-16)17-6-8-20(9-7-17)27(29)12-21(34)13-27/h2-11,15,21,34H,12-13,29H2,1H3/t21-,27-. The molecule has 0 aliphatic heterocycles. The molecule has 2 aromatic carbocycles. The topological polar surface area (TPSA) is 113 Å². The molecule has 34 heavy (non-hydrogen) atoms. The minimum absolute atomic E-state index is 0.338. The van der Waals surface area contributed by atoms with Gasteiger partial charge in [-0.1, -0.05) is 42.5 Å². The summed E-state index contributed by atoms with van der Waals surface area (Å²) in [5, 5.41) is 24.9. The van der Waals surface area contributed by atoms with Crippen LogP contribution in [0.2, 0.25) is 0 Å². The van der Waals surface area contributed by atoms with E-state index in [0.29, 0.717) is 24.1 Å². The van der Waals surface area contributed by atoms with E-state index in [1.165, 1.54) is 0 Å². The van der Waals surface area contributed by atoms with Crippen LogP contribution in [0.15, 0.2) is 66.9 Å². The molecule has 7 heteroatoms. The Bertz CT molecular complexity index is 1610. The number of aryl methyl sites for hydroxylation is 1. The highest BCUT2D eigenvalue weighted by molar-refractivity contribution is 5.92. The Kier molecular flexibility index (Phi) is 4.49. The fourth-order valence-corrected chi connectivity index (χ4v) is 4.87. The van der Waals surface area contributed by atoms with Gasteiger partial charge in [0.25, 0.3) is 0 Å². The van der Waals surface area contributed by atoms with Gasteiger partial charge in [0.1, 0.15) is 0 Å². The van der Waals surface area contributed by atoms with E-state index < -0.39 is 5.54 Å². The first-order chi connectivity index (χ1) is 16.4. The Morgan fingerprint density at radius 3 is 2.59 bits per heavy atom. The fraction of sp³-hybridized carbons (Fsp3) is 0.185. The number of nitriles is 1. The van der Waals surface area contributed by atoms with Crippen LogP contribution in [0, 0.1) is 18.3 Å². The van der Waals surface area contributed by atoms with Crippen LogP contribution in [-0.2, 0) is 5.54 Å². The van der Waals surface area contributed by atoms with Crippen molar-refractivity contribution >= 4 is 16.7 Å². The van der Waals surface area contributed by atoms with Crippen LogP contribution < -0.4 is 5.73 Å². The Hall–Kier alpha value is -4.12. The van der Waals surface area contributed by atoms with Crippen LogP contribution >= 0.6 is 0 Å². The molecule has 5 aromatic rings. The van der Waals surface area contributed by atoms with Crippen molar-refractivity contribution in [2.45, 2.75) is 31.4 Å². The predicted octanol–water partition coefficient (Wildman–Crippen LogP) is 4.10. The van der Waals surface area contributed by atoms with E-state index in [9.17, 15) is 10.4 Å². The van der Waals surface area contributed by atoms with E-state index in [0.717, 1.165) is 44.7 Å². The van der Waals surface area contributed by atoms with Crippen molar-refractivity contribution < 1.29 is 5.11 Å². The fourth-order valence-electron chi connectivity index (χ4n) is 4.87. The molecule has 3 aromatic heterocycles. The first-order valence-corrected chi connectivity index (χ1v) is 11.2. The number of pyridine rings is 1. The summed E-state index contributed by atoms with van der Waals surface area (Å²) in [7, 11) is 0. The minimum atomic E-state index is -0.491. The molecule has 3 N–H and O–H groups in total.